The van der Waals surface area contributed by atoms with Gasteiger partial charge in [-0.05, 0) is 33.6 Å². The Bertz CT molecular complexity index is 456. The number of carbonyl (C=O) groups is 1. The Labute approximate surface area is 127 Å². The van der Waals surface area contributed by atoms with Gasteiger partial charge in [-0.15, -0.1) is 0 Å². The van der Waals surface area contributed by atoms with Crippen molar-refractivity contribution in [2.45, 2.75) is 70.9 Å². The maximum absolute atomic E-state index is 12.2. The lowest BCUT2D eigenvalue weighted by molar-refractivity contribution is 0.0928. The minimum atomic E-state index is -0.114. The zero-order chi connectivity index (χ0) is 15.3. The second-order valence-corrected chi connectivity index (χ2v) is 6.82. The summed E-state index contributed by atoms with van der Waals surface area (Å²) in [6.07, 6.45) is 10.3. The Morgan fingerprint density at radius 2 is 1.76 bits per heavy atom. The summed E-state index contributed by atoms with van der Waals surface area (Å²) >= 11 is 0. The molecule has 1 aliphatic rings. The molecule has 0 atom stereocenters. The second kappa shape index (κ2) is 6.87. The van der Waals surface area contributed by atoms with Gasteiger partial charge < -0.3 is 10.6 Å². The van der Waals surface area contributed by atoms with E-state index in [-0.39, 0.29) is 17.5 Å². The van der Waals surface area contributed by atoms with E-state index in [4.69, 9.17) is 0 Å². The van der Waals surface area contributed by atoms with Crippen molar-refractivity contribution in [2.24, 2.45) is 0 Å². The summed E-state index contributed by atoms with van der Waals surface area (Å²) in [7, 11) is 0. The van der Waals surface area contributed by atoms with Crippen LogP contribution >= 0.6 is 0 Å². The molecule has 0 aromatic carbocycles. The van der Waals surface area contributed by atoms with Crippen LogP contribution in [0.5, 0.6) is 0 Å². The molecule has 1 aromatic heterocycles. The van der Waals surface area contributed by atoms with Gasteiger partial charge in [0.05, 0.1) is 12.4 Å². The van der Waals surface area contributed by atoms with Crippen molar-refractivity contribution in [1.29, 1.82) is 0 Å². The van der Waals surface area contributed by atoms with E-state index in [0.29, 0.717) is 11.5 Å². The van der Waals surface area contributed by atoms with Gasteiger partial charge in [-0.1, -0.05) is 25.7 Å². The van der Waals surface area contributed by atoms with Gasteiger partial charge in [0, 0.05) is 11.6 Å². The van der Waals surface area contributed by atoms with E-state index in [1.807, 2.05) is 0 Å². The zero-order valence-corrected chi connectivity index (χ0v) is 13.3. The highest BCUT2D eigenvalue weighted by Gasteiger charge is 2.17. The lowest BCUT2D eigenvalue weighted by atomic mass is 10.1. The number of nitrogens with one attached hydrogen (secondary N) is 2. The maximum Gasteiger partial charge on any atom is 0.271 e. The first kappa shape index (κ1) is 15.7. The topological polar surface area (TPSA) is 66.9 Å². The van der Waals surface area contributed by atoms with Crippen LogP contribution in [0.1, 0.15) is 69.8 Å². The number of hydrogen-bond acceptors (Lipinski definition) is 4. The third-order valence-corrected chi connectivity index (χ3v) is 3.58. The highest BCUT2D eigenvalue weighted by molar-refractivity contribution is 5.92. The van der Waals surface area contributed by atoms with E-state index in [2.05, 4.69) is 41.4 Å². The Balaban J connectivity index is 1.93. The van der Waals surface area contributed by atoms with Crippen molar-refractivity contribution in [3.8, 4) is 0 Å². The van der Waals surface area contributed by atoms with Crippen molar-refractivity contribution >= 4 is 11.7 Å². The third kappa shape index (κ3) is 5.33. The van der Waals surface area contributed by atoms with Crippen molar-refractivity contribution in [3.63, 3.8) is 0 Å². The van der Waals surface area contributed by atoms with Crippen LogP contribution in [0, 0.1) is 0 Å². The molecule has 0 radical (unpaired) electrons. The lowest BCUT2D eigenvalue weighted by Crippen LogP contribution is -2.35. The van der Waals surface area contributed by atoms with E-state index in [1.165, 1.54) is 25.7 Å². The number of carbonyl (C=O) groups excluding carboxylic acids is 1. The summed E-state index contributed by atoms with van der Waals surface area (Å²) in [6.45, 7) is 6.17. The normalized spacial score (nSPS) is 17.1. The average Bonchev–Trinajstić information content (AvgIpc) is 2.66. The molecule has 5 heteroatoms. The van der Waals surface area contributed by atoms with Crippen molar-refractivity contribution < 1.29 is 4.79 Å². The van der Waals surface area contributed by atoms with E-state index < -0.39 is 0 Å². The molecule has 0 unspecified atom stereocenters. The van der Waals surface area contributed by atoms with E-state index in [0.717, 1.165) is 12.8 Å². The zero-order valence-electron chi connectivity index (χ0n) is 13.3. The number of hydrogen-bond donors (Lipinski definition) is 2. The SMILES string of the molecule is CC(C)(C)Nc1cnc(C(=O)NC2CCCCCC2)cn1. The van der Waals surface area contributed by atoms with Crippen LogP contribution in [0.15, 0.2) is 12.4 Å². The Morgan fingerprint density at radius 3 is 2.29 bits per heavy atom. The van der Waals surface area contributed by atoms with Crippen molar-refractivity contribution in [3.05, 3.63) is 18.1 Å². The molecule has 1 aliphatic carbocycles. The average molecular weight is 290 g/mol. The molecule has 1 aromatic rings. The quantitative estimate of drug-likeness (QED) is 0.839. The van der Waals surface area contributed by atoms with E-state index in [1.54, 1.807) is 12.4 Å². The van der Waals surface area contributed by atoms with Crippen LogP contribution in [-0.2, 0) is 0 Å². The van der Waals surface area contributed by atoms with Crippen LogP contribution in [0.4, 0.5) is 5.82 Å². The van der Waals surface area contributed by atoms with Crippen LogP contribution < -0.4 is 10.6 Å². The number of anilines is 1. The monoisotopic (exact) mass is 290 g/mol. The Morgan fingerprint density at radius 1 is 1.10 bits per heavy atom. The van der Waals surface area contributed by atoms with Crippen LogP contribution in [0.3, 0.4) is 0 Å². The molecule has 1 fully saturated rings. The van der Waals surface area contributed by atoms with Gasteiger partial charge in [-0.2, -0.15) is 0 Å². The van der Waals surface area contributed by atoms with Crippen LogP contribution in [-0.4, -0.2) is 27.5 Å². The number of aromatic nitrogens is 2. The summed E-state index contributed by atoms with van der Waals surface area (Å²) in [5.74, 6) is 0.574. The molecule has 0 saturated heterocycles. The standard InChI is InChI=1S/C16H26N4O/c1-16(2,3)20-14-11-17-13(10-18-14)15(21)19-12-8-6-4-5-7-9-12/h10-12H,4-9H2,1-3H3,(H,18,20)(H,19,21). The summed E-state index contributed by atoms with van der Waals surface area (Å²) < 4.78 is 0. The molecule has 2 N–H and O–H groups in total. The minimum Gasteiger partial charge on any atom is -0.364 e. The fraction of sp³-hybridized carbons (Fsp3) is 0.688. The molecule has 2 rings (SSSR count). The molecule has 21 heavy (non-hydrogen) atoms. The largest absolute Gasteiger partial charge is 0.364 e. The van der Waals surface area contributed by atoms with Gasteiger partial charge in [0.1, 0.15) is 11.5 Å². The lowest BCUT2D eigenvalue weighted by Gasteiger charge is -2.21. The summed E-state index contributed by atoms with van der Waals surface area (Å²) in [5, 5.41) is 6.31. The van der Waals surface area contributed by atoms with Gasteiger partial charge in [-0.25, -0.2) is 9.97 Å². The number of rotatable bonds is 3. The molecule has 0 spiro atoms. The molecule has 5 nitrogen and oxygen atoms in total. The predicted octanol–water partition coefficient (Wildman–Crippen LogP) is 3.14. The number of amides is 1. The van der Waals surface area contributed by atoms with Gasteiger partial charge in [-0.3, -0.25) is 4.79 Å². The van der Waals surface area contributed by atoms with Gasteiger partial charge >= 0.3 is 0 Å². The number of nitrogens with zero attached hydrogens (tertiary/aromatic N) is 2. The predicted molar refractivity (Wildman–Crippen MR) is 84.4 cm³/mol. The fourth-order valence-electron chi connectivity index (χ4n) is 2.58. The Kier molecular flexibility index (Phi) is 5.15. The molecule has 116 valence electrons. The summed E-state index contributed by atoms with van der Waals surface area (Å²) in [5.41, 5.74) is 0.317. The summed E-state index contributed by atoms with van der Waals surface area (Å²) in [6, 6.07) is 0.286. The molecule has 1 saturated carbocycles. The summed E-state index contributed by atoms with van der Waals surface area (Å²) in [4.78, 5) is 20.7. The molecule has 1 amide bonds. The second-order valence-electron chi connectivity index (χ2n) is 6.82. The van der Waals surface area contributed by atoms with Gasteiger partial charge in [0.2, 0.25) is 0 Å². The van der Waals surface area contributed by atoms with E-state index in [9.17, 15) is 4.79 Å². The van der Waals surface area contributed by atoms with Crippen molar-refractivity contribution in [1.82, 2.24) is 15.3 Å². The molecular formula is C16H26N4O. The van der Waals surface area contributed by atoms with Gasteiger partial charge in [0.15, 0.2) is 0 Å². The minimum absolute atomic E-state index is 0.0706. The highest BCUT2D eigenvalue weighted by atomic mass is 16.1. The fourth-order valence-corrected chi connectivity index (χ4v) is 2.58. The van der Waals surface area contributed by atoms with Crippen LogP contribution in [0.2, 0.25) is 0 Å². The Hall–Kier alpha value is -1.65. The first-order valence-electron chi connectivity index (χ1n) is 7.85. The highest BCUT2D eigenvalue weighted by Crippen LogP contribution is 2.17. The first-order chi connectivity index (χ1) is 9.94. The molecule has 1 heterocycles. The molecule has 0 aliphatic heterocycles. The van der Waals surface area contributed by atoms with E-state index >= 15 is 0 Å². The smallest absolute Gasteiger partial charge is 0.271 e. The van der Waals surface area contributed by atoms with Gasteiger partial charge in [0.25, 0.3) is 5.91 Å². The molecular weight excluding hydrogens is 264 g/mol. The third-order valence-electron chi connectivity index (χ3n) is 3.58. The first-order valence-corrected chi connectivity index (χ1v) is 7.85. The van der Waals surface area contributed by atoms with Crippen LogP contribution in [0.25, 0.3) is 0 Å². The maximum atomic E-state index is 12.2. The molecule has 0 bridgehead atoms. The van der Waals surface area contributed by atoms with Crippen molar-refractivity contribution in [2.75, 3.05) is 5.32 Å².